The zero-order valence-electron chi connectivity index (χ0n) is 12.6. The highest BCUT2D eigenvalue weighted by molar-refractivity contribution is 4.86. The van der Waals surface area contributed by atoms with Crippen LogP contribution in [0.5, 0.6) is 0 Å². The molecule has 2 fully saturated rings. The van der Waals surface area contributed by atoms with Gasteiger partial charge in [0.25, 0.3) is 0 Å². The van der Waals surface area contributed by atoms with Crippen LogP contribution >= 0.6 is 0 Å². The van der Waals surface area contributed by atoms with Gasteiger partial charge in [0.15, 0.2) is 0 Å². The Bertz CT molecular complexity index is 241. The van der Waals surface area contributed by atoms with Gasteiger partial charge in [0, 0.05) is 25.2 Å². The lowest BCUT2D eigenvalue weighted by molar-refractivity contribution is 0.0610. The molecular formula is C16H32N2. The minimum absolute atomic E-state index is 0.666. The van der Waals surface area contributed by atoms with Crippen LogP contribution in [-0.4, -0.2) is 36.6 Å². The molecule has 0 radical (unpaired) electrons. The fraction of sp³-hybridized carbons (Fsp3) is 1.00. The number of fused-ring (bicyclic) bond motifs is 1. The van der Waals surface area contributed by atoms with E-state index in [2.05, 4.69) is 31.0 Å². The summed E-state index contributed by atoms with van der Waals surface area (Å²) < 4.78 is 0. The number of hydrogen-bond donors (Lipinski definition) is 1. The minimum Gasteiger partial charge on any atom is -0.313 e. The van der Waals surface area contributed by atoms with Gasteiger partial charge >= 0.3 is 0 Å². The molecule has 1 aliphatic heterocycles. The highest BCUT2D eigenvalue weighted by atomic mass is 15.2. The monoisotopic (exact) mass is 252 g/mol. The van der Waals surface area contributed by atoms with Crippen LogP contribution in [0.3, 0.4) is 0 Å². The molecule has 0 aromatic rings. The van der Waals surface area contributed by atoms with E-state index in [1.807, 2.05) is 0 Å². The van der Waals surface area contributed by atoms with Crippen LogP contribution in [0.2, 0.25) is 0 Å². The normalized spacial score (nSPS) is 32.8. The van der Waals surface area contributed by atoms with Crippen molar-refractivity contribution in [2.45, 2.75) is 71.4 Å². The number of nitrogens with one attached hydrogen (secondary N) is 1. The minimum atomic E-state index is 0.666. The number of piperidine rings is 1. The molecule has 2 heteroatoms. The number of nitrogens with zero attached hydrogens (tertiary/aromatic N) is 1. The summed E-state index contributed by atoms with van der Waals surface area (Å²) in [5, 5.41) is 3.66. The van der Waals surface area contributed by atoms with Crippen molar-refractivity contribution >= 4 is 0 Å². The standard InChI is InChI=1S/C16H32N2/c1-4-13(2)17-11-14(3)18-10-9-15-7-5-6-8-16(15)12-18/h13-17H,4-12H2,1-3H3. The summed E-state index contributed by atoms with van der Waals surface area (Å²) in [4.78, 5) is 2.74. The Labute approximate surface area is 114 Å². The molecule has 0 aromatic heterocycles. The van der Waals surface area contributed by atoms with E-state index < -0.39 is 0 Å². The summed E-state index contributed by atoms with van der Waals surface area (Å²) in [6.45, 7) is 10.8. The van der Waals surface area contributed by atoms with Crippen LogP contribution < -0.4 is 5.32 Å². The molecule has 1 saturated heterocycles. The van der Waals surface area contributed by atoms with Gasteiger partial charge in [-0.25, -0.2) is 0 Å². The van der Waals surface area contributed by atoms with E-state index in [1.165, 1.54) is 51.6 Å². The lowest BCUT2D eigenvalue weighted by Crippen LogP contribution is -2.49. The average molecular weight is 252 g/mol. The van der Waals surface area contributed by atoms with E-state index in [1.54, 1.807) is 0 Å². The molecule has 1 aliphatic carbocycles. The van der Waals surface area contributed by atoms with E-state index in [9.17, 15) is 0 Å². The Morgan fingerprint density at radius 3 is 2.56 bits per heavy atom. The number of likely N-dealkylation sites (tertiary alicyclic amines) is 1. The fourth-order valence-corrected chi connectivity index (χ4v) is 3.67. The Morgan fingerprint density at radius 1 is 1.11 bits per heavy atom. The second kappa shape index (κ2) is 6.91. The predicted molar refractivity (Wildman–Crippen MR) is 78.9 cm³/mol. The van der Waals surface area contributed by atoms with Gasteiger partial charge < -0.3 is 5.32 Å². The van der Waals surface area contributed by atoms with Crippen LogP contribution in [0.1, 0.15) is 59.3 Å². The van der Waals surface area contributed by atoms with Crippen molar-refractivity contribution in [3.8, 4) is 0 Å². The molecule has 106 valence electrons. The van der Waals surface area contributed by atoms with E-state index in [-0.39, 0.29) is 0 Å². The smallest absolute Gasteiger partial charge is 0.0192 e. The first-order valence-electron chi connectivity index (χ1n) is 8.18. The van der Waals surface area contributed by atoms with E-state index in [4.69, 9.17) is 0 Å². The van der Waals surface area contributed by atoms with Gasteiger partial charge in [-0.05, 0) is 51.5 Å². The third-order valence-corrected chi connectivity index (χ3v) is 5.32. The van der Waals surface area contributed by atoms with Crippen molar-refractivity contribution in [1.82, 2.24) is 10.2 Å². The highest BCUT2D eigenvalue weighted by Crippen LogP contribution is 2.36. The number of hydrogen-bond acceptors (Lipinski definition) is 2. The molecule has 1 heterocycles. The van der Waals surface area contributed by atoms with Crippen LogP contribution in [0.25, 0.3) is 0 Å². The van der Waals surface area contributed by atoms with E-state index >= 15 is 0 Å². The first-order chi connectivity index (χ1) is 8.70. The molecular weight excluding hydrogens is 220 g/mol. The topological polar surface area (TPSA) is 15.3 Å². The summed E-state index contributed by atoms with van der Waals surface area (Å²) in [6.07, 6.45) is 8.67. The first-order valence-corrected chi connectivity index (χ1v) is 8.18. The zero-order valence-corrected chi connectivity index (χ0v) is 12.6. The maximum absolute atomic E-state index is 3.66. The molecule has 0 amide bonds. The molecule has 0 spiro atoms. The van der Waals surface area contributed by atoms with Gasteiger partial charge in [0.2, 0.25) is 0 Å². The van der Waals surface area contributed by atoms with Gasteiger partial charge in [0.1, 0.15) is 0 Å². The van der Waals surface area contributed by atoms with Crippen molar-refractivity contribution in [3.05, 3.63) is 0 Å². The second-order valence-electron chi connectivity index (χ2n) is 6.65. The Morgan fingerprint density at radius 2 is 1.83 bits per heavy atom. The van der Waals surface area contributed by atoms with Crippen molar-refractivity contribution < 1.29 is 0 Å². The zero-order chi connectivity index (χ0) is 13.0. The summed E-state index contributed by atoms with van der Waals surface area (Å²) in [6, 6.07) is 1.38. The second-order valence-corrected chi connectivity index (χ2v) is 6.65. The molecule has 2 aliphatic rings. The van der Waals surface area contributed by atoms with Crippen molar-refractivity contribution in [2.75, 3.05) is 19.6 Å². The number of rotatable bonds is 5. The molecule has 0 bridgehead atoms. The lowest BCUT2D eigenvalue weighted by atomic mass is 9.75. The highest BCUT2D eigenvalue weighted by Gasteiger charge is 2.32. The van der Waals surface area contributed by atoms with Crippen LogP contribution in [0.15, 0.2) is 0 Å². The van der Waals surface area contributed by atoms with Gasteiger partial charge in [-0.3, -0.25) is 4.90 Å². The fourth-order valence-electron chi connectivity index (χ4n) is 3.67. The largest absolute Gasteiger partial charge is 0.313 e. The molecule has 1 N–H and O–H groups in total. The van der Waals surface area contributed by atoms with Crippen molar-refractivity contribution in [1.29, 1.82) is 0 Å². The van der Waals surface area contributed by atoms with E-state index in [0.717, 1.165) is 18.4 Å². The average Bonchev–Trinajstić information content (AvgIpc) is 2.43. The maximum Gasteiger partial charge on any atom is 0.0192 e. The quantitative estimate of drug-likeness (QED) is 0.808. The lowest BCUT2D eigenvalue weighted by Gasteiger charge is -2.43. The van der Waals surface area contributed by atoms with Crippen LogP contribution in [0, 0.1) is 11.8 Å². The summed E-state index contributed by atoms with van der Waals surface area (Å²) in [5.74, 6) is 2.07. The molecule has 2 nitrogen and oxygen atoms in total. The third-order valence-electron chi connectivity index (χ3n) is 5.32. The predicted octanol–water partition coefficient (Wildman–Crippen LogP) is 3.28. The first kappa shape index (κ1) is 14.3. The molecule has 2 rings (SSSR count). The molecule has 1 saturated carbocycles. The summed E-state index contributed by atoms with van der Waals surface area (Å²) in [5.41, 5.74) is 0. The van der Waals surface area contributed by atoms with Gasteiger partial charge in [-0.1, -0.05) is 26.2 Å². The summed E-state index contributed by atoms with van der Waals surface area (Å²) in [7, 11) is 0. The maximum atomic E-state index is 3.66. The van der Waals surface area contributed by atoms with Crippen molar-refractivity contribution in [3.63, 3.8) is 0 Å². The van der Waals surface area contributed by atoms with Crippen LogP contribution in [0.4, 0.5) is 0 Å². The van der Waals surface area contributed by atoms with Crippen molar-refractivity contribution in [2.24, 2.45) is 11.8 Å². The van der Waals surface area contributed by atoms with Gasteiger partial charge in [0.05, 0.1) is 0 Å². The third kappa shape index (κ3) is 3.71. The van der Waals surface area contributed by atoms with E-state index in [0.29, 0.717) is 12.1 Å². The molecule has 4 unspecified atom stereocenters. The Balaban J connectivity index is 1.75. The summed E-state index contributed by atoms with van der Waals surface area (Å²) >= 11 is 0. The van der Waals surface area contributed by atoms with Gasteiger partial charge in [-0.2, -0.15) is 0 Å². The van der Waals surface area contributed by atoms with Crippen LogP contribution in [-0.2, 0) is 0 Å². The Hall–Kier alpha value is -0.0800. The molecule has 4 atom stereocenters. The van der Waals surface area contributed by atoms with Gasteiger partial charge in [-0.15, -0.1) is 0 Å². The molecule has 18 heavy (non-hydrogen) atoms. The SMILES string of the molecule is CCC(C)NCC(C)N1CCC2CCCCC2C1. The molecule has 0 aromatic carbocycles. The Kier molecular flexibility index (Phi) is 5.50.